The number of aliphatic carboxylic acids is 1. The maximum absolute atomic E-state index is 10.4. The van der Waals surface area contributed by atoms with E-state index in [1.165, 1.54) is 44.9 Å². The van der Waals surface area contributed by atoms with Crippen molar-refractivity contribution in [2.75, 3.05) is 0 Å². The van der Waals surface area contributed by atoms with E-state index < -0.39 is 5.97 Å². The van der Waals surface area contributed by atoms with E-state index in [1.54, 1.807) is 0 Å². The molecule has 2 nitrogen and oxygen atoms in total. The Bertz CT molecular complexity index is 353. The van der Waals surface area contributed by atoms with E-state index in [2.05, 4.69) is 50.3 Å². The van der Waals surface area contributed by atoms with Crippen molar-refractivity contribution in [3.8, 4) is 0 Å². The van der Waals surface area contributed by atoms with Gasteiger partial charge in [-0.25, -0.2) is 0 Å². The number of carbonyl (C=O) groups is 1. The van der Waals surface area contributed by atoms with Crippen LogP contribution >= 0.6 is 0 Å². The van der Waals surface area contributed by atoms with Gasteiger partial charge in [-0.05, 0) is 38.0 Å². The molecular weight excluding hydrogens is 284 g/mol. The standard InChI is InChI=1S/C21H36O2/c1-3-4-5-6-7-8-11-14-17-20(2)18-15-12-9-10-13-16-19-21(22)23/h9-10,14-15,17-18,20H,3-8,11-13,16,19H2,1-2H3,(H,22,23)/b10-9+,17-14+,18-15+. The molecule has 0 aliphatic rings. The molecule has 0 aliphatic carbocycles. The van der Waals surface area contributed by atoms with Gasteiger partial charge in [0.25, 0.3) is 0 Å². The van der Waals surface area contributed by atoms with Gasteiger partial charge in [0, 0.05) is 6.42 Å². The fourth-order valence-corrected chi connectivity index (χ4v) is 2.37. The lowest BCUT2D eigenvalue weighted by Crippen LogP contribution is -1.92. The predicted octanol–water partition coefficient (Wildman–Crippen LogP) is 6.69. The highest BCUT2D eigenvalue weighted by molar-refractivity contribution is 5.66. The first-order valence-electron chi connectivity index (χ1n) is 9.37. The number of allylic oxidation sites excluding steroid dienone is 6. The van der Waals surface area contributed by atoms with Crippen LogP contribution in [0.1, 0.15) is 84.5 Å². The Morgan fingerprint density at radius 2 is 1.52 bits per heavy atom. The van der Waals surface area contributed by atoms with Crippen molar-refractivity contribution in [3.05, 3.63) is 36.5 Å². The minimum Gasteiger partial charge on any atom is -0.481 e. The van der Waals surface area contributed by atoms with Crippen LogP contribution in [-0.4, -0.2) is 11.1 Å². The van der Waals surface area contributed by atoms with Gasteiger partial charge in [0.15, 0.2) is 0 Å². The van der Waals surface area contributed by atoms with Crippen LogP contribution in [0.4, 0.5) is 0 Å². The van der Waals surface area contributed by atoms with Crippen molar-refractivity contribution in [3.63, 3.8) is 0 Å². The van der Waals surface area contributed by atoms with Crippen LogP contribution in [0.25, 0.3) is 0 Å². The van der Waals surface area contributed by atoms with E-state index in [-0.39, 0.29) is 6.42 Å². The molecule has 2 heteroatoms. The monoisotopic (exact) mass is 320 g/mol. The van der Waals surface area contributed by atoms with Gasteiger partial charge in [-0.2, -0.15) is 0 Å². The lowest BCUT2D eigenvalue weighted by molar-refractivity contribution is -0.137. The lowest BCUT2D eigenvalue weighted by atomic mass is 10.1. The Hall–Kier alpha value is -1.31. The molecule has 0 aromatic heterocycles. The third-order valence-electron chi connectivity index (χ3n) is 3.80. The normalized spacial score (nSPS) is 13.5. The van der Waals surface area contributed by atoms with Gasteiger partial charge in [-0.15, -0.1) is 0 Å². The number of rotatable bonds is 15. The van der Waals surface area contributed by atoms with E-state index in [1.807, 2.05) is 0 Å². The Labute approximate surface area is 143 Å². The average Bonchev–Trinajstić information content (AvgIpc) is 2.52. The minimum atomic E-state index is -0.708. The second-order valence-corrected chi connectivity index (χ2v) is 6.26. The van der Waals surface area contributed by atoms with Gasteiger partial charge in [0.1, 0.15) is 0 Å². The lowest BCUT2D eigenvalue weighted by Gasteiger charge is -1.99. The van der Waals surface area contributed by atoms with Crippen LogP contribution in [0.3, 0.4) is 0 Å². The molecule has 0 aromatic rings. The maximum atomic E-state index is 10.4. The van der Waals surface area contributed by atoms with Gasteiger partial charge in [-0.1, -0.05) is 82.4 Å². The van der Waals surface area contributed by atoms with Crippen molar-refractivity contribution in [2.24, 2.45) is 5.92 Å². The first-order chi connectivity index (χ1) is 11.2. The zero-order chi connectivity index (χ0) is 17.2. The Morgan fingerprint density at radius 1 is 0.870 bits per heavy atom. The number of hydrogen-bond donors (Lipinski definition) is 1. The van der Waals surface area contributed by atoms with Crippen molar-refractivity contribution in [2.45, 2.75) is 84.5 Å². The summed E-state index contributed by atoms with van der Waals surface area (Å²) in [7, 11) is 0. The molecule has 0 aromatic carbocycles. The first-order valence-corrected chi connectivity index (χ1v) is 9.37. The topological polar surface area (TPSA) is 37.3 Å². The summed E-state index contributed by atoms with van der Waals surface area (Å²) in [6, 6.07) is 0. The summed E-state index contributed by atoms with van der Waals surface area (Å²) in [6.07, 6.45) is 25.4. The van der Waals surface area contributed by atoms with Crippen LogP contribution in [0.5, 0.6) is 0 Å². The summed E-state index contributed by atoms with van der Waals surface area (Å²) in [6.45, 7) is 4.47. The zero-order valence-electron chi connectivity index (χ0n) is 15.2. The molecule has 0 spiro atoms. The minimum absolute atomic E-state index is 0.264. The number of unbranched alkanes of at least 4 members (excludes halogenated alkanes) is 7. The molecule has 23 heavy (non-hydrogen) atoms. The van der Waals surface area contributed by atoms with Gasteiger partial charge < -0.3 is 5.11 Å². The highest BCUT2D eigenvalue weighted by atomic mass is 16.4. The summed E-state index contributed by atoms with van der Waals surface area (Å²) < 4.78 is 0. The summed E-state index contributed by atoms with van der Waals surface area (Å²) in [4.78, 5) is 10.4. The molecule has 1 atom stereocenters. The molecule has 0 saturated heterocycles. The Balaban J connectivity index is 3.52. The summed E-state index contributed by atoms with van der Waals surface area (Å²) >= 11 is 0. The Morgan fingerprint density at radius 3 is 2.26 bits per heavy atom. The molecule has 0 bridgehead atoms. The summed E-state index contributed by atoms with van der Waals surface area (Å²) in [5, 5.41) is 8.53. The maximum Gasteiger partial charge on any atom is 0.303 e. The van der Waals surface area contributed by atoms with Crippen molar-refractivity contribution in [1.82, 2.24) is 0 Å². The van der Waals surface area contributed by atoms with Crippen molar-refractivity contribution in [1.29, 1.82) is 0 Å². The van der Waals surface area contributed by atoms with Crippen molar-refractivity contribution >= 4 is 5.97 Å². The van der Waals surface area contributed by atoms with E-state index in [9.17, 15) is 4.79 Å². The number of carboxylic acid groups (broad SMARTS) is 1. The van der Waals surface area contributed by atoms with Crippen molar-refractivity contribution < 1.29 is 9.90 Å². The fourth-order valence-electron chi connectivity index (χ4n) is 2.37. The highest BCUT2D eigenvalue weighted by Gasteiger charge is 1.93. The zero-order valence-corrected chi connectivity index (χ0v) is 15.2. The molecule has 132 valence electrons. The molecule has 0 aliphatic heterocycles. The molecule has 0 fully saturated rings. The molecule has 0 amide bonds. The van der Waals surface area contributed by atoms with Gasteiger partial charge in [0.2, 0.25) is 0 Å². The third kappa shape index (κ3) is 18.6. The third-order valence-corrected chi connectivity index (χ3v) is 3.80. The fraction of sp³-hybridized carbons (Fsp3) is 0.667. The van der Waals surface area contributed by atoms with E-state index >= 15 is 0 Å². The van der Waals surface area contributed by atoms with E-state index in [0.717, 1.165) is 19.3 Å². The first kappa shape index (κ1) is 21.7. The van der Waals surface area contributed by atoms with Crippen LogP contribution in [0.15, 0.2) is 36.5 Å². The SMILES string of the molecule is CCCCCCCC/C=C/C(C)/C=C/C/C=C/CCCC(=O)O. The molecule has 1 N–H and O–H groups in total. The van der Waals surface area contributed by atoms with E-state index in [0.29, 0.717) is 5.92 Å². The second kappa shape index (κ2) is 17.1. The predicted molar refractivity (Wildman–Crippen MR) is 101 cm³/mol. The molecule has 0 heterocycles. The van der Waals surface area contributed by atoms with Gasteiger partial charge in [-0.3, -0.25) is 4.79 Å². The molecule has 0 radical (unpaired) electrons. The van der Waals surface area contributed by atoms with Crippen LogP contribution in [0, 0.1) is 5.92 Å². The largest absolute Gasteiger partial charge is 0.481 e. The summed E-state index contributed by atoms with van der Waals surface area (Å²) in [5.41, 5.74) is 0. The smallest absolute Gasteiger partial charge is 0.303 e. The molecule has 0 saturated carbocycles. The van der Waals surface area contributed by atoms with Crippen LogP contribution in [0.2, 0.25) is 0 Å². The van der Waals surface area contributed by atoms with Crippen LogP contribution < -0.4 is 0 Å². The molecule has 0 rings (SSSR count). The van der Waals surface area contributed by atoms with Crippen LogP contribution in [-0.2, 0) is 4.79 Å². The van der Waals surface area contributed by atoms with E-state index in [4.69, 9.17) is 5.11 Å². The number of carboxylic acids is 1. The number of hydrogen-bond acceptors (Lipinski definition) is 1. The second-order valence-electron chi connectivity index (χ2n) is 6.26. The average molecular weight is 321 g/mol. The summed E-state index contributed by atoms with van der Waals surface area (Å²) in [5.74, 6) is -0.213. The quantitative estimate of drug-likeness (QED) is 0.270. The Kier molecular flexibility index (Phi) is 16.1. The molecular formula is C21H36O2. The molecule has 1 unspecified atom stereocenters. The van der Waals surface area contributed by atoms with Gasteiger partial charge >= 0.3 is 5.97 Å². The highest BCUT2D eigenvalue weighted by Crippen LogP contribution is 2.08. The van der Waals surface area contributed by atoms with Gasteiger partial charge in [0.05, 0.1) is 0 Å².